The van der Waals surface area contributed by atoms with Gasteiger partial charge in [-0.2, -0.15) is 0 Å². The zero-order chi connectivity index (χ0) is 22.4. The van der Waals surface area contributed by atoms with Crippen molar-refractivity contribution < 1.29 is 9.47 Å². The van der Waals surface area contributed by atoms with Crippen molar-refractivity contribution in [2.24, 2.45) is 0 Å². The lowest BCUT2D eigenvalue weighted by molar-refractivity contribution is 0.185. The molecule has 2 N–H and O–H groups in total. The van der Waals surface area contributed by atoms with Crippen LogP contribution in [-0.4, -0.2) is 42.5 Å². The largest absolute Gasteiger partial charge is 0.494 e. The number of aromatic nitrogens is 2. The van der Waals surface area contributed by atoms with Crippen LogP contribution in [0.3, 0.4) is 0 Å². The van der Waals surface area contributed by atoms with Gasteiger partial charge in [-0.25, -0.2) is 4.79 Å². The number of rotatable bonds is 9. The van der Waals surface area contributed by atoms with E-state index in [2.05, 4.69) is 6.92 Å². The summed E-state index contributed by atoms with van der Waals surface area (Å²) in [7, 11) is 1.58. The van der Waals surface area contributed by atoms with E-state index in [0.717, 1.165) is 38.1 Å². The third kappa shape index (κ3) is 5.31. The Labute approximate surface area is 183 Å². The molecule has 0 saturated carbocycles. The molecule has 0 atom stereocenters. The van der Waals surface area contributed by atoms with E-state index >= 15 is 0 Å². The Morgan fingerprint density at radius 2 is 1.71 bits per heavy atom. The number of hydrogen-bond acceptors (Lipinski definition) is 6. The SMILES string of the molecule is COCCn1c(N)c(N2CCCCC2)c(=O)n(CCCOc2ccc(C)c(C)c2)c1=O. The highest BCUT2D eigenvalue weighted by Gasteiger charge is 2.23. The number of nitrogens with zero attached hydrogens (tertiary/aromatic N) is 3. The molecule has 2 aromatic rings. The zero-order valence-electron chi connectivity index (χ0n) is 18.9. The lowest BCUT2D eigenvalue weighted by Crippen LogP contribution is -2.46. The summed E-state index contributed by atoms with van der Waals surface area (Å²) in [5.41, 5.74) is 8.41. The molecule has 0 aliphatic carbocycles. The molecule has 170 valence electrons. The van der Waals surface area contributed by atoms with Crippen molar-refractivity contribution in [1.29, 1.82) is 0 Å². The number of benzene rings is 1. The van der Waals surface area contributed by atoms with Crippen molar-refractivity contribution in [2.75, 3.05) is 44.0 Å². The van der Waals surface area contributed by atoms with Crippen LogP contribution in [0.4, 0.5) is 11.5 Å². The van der Waals surface area contributed by atoms with E-state index in [1.165, 1.54) is 20.3 Å². The maximum atomic E-state index is 13.2. The maximum absolute atomic E-state index is 13.2. The number of aryl methyl sites for hydroxylation is 2. The lowest BCUT2D eigenvalue weighted by atomic mass is 10.1. The number of anilines is 2. The van der Waals surface area contributed by atoms with Crippen LogP contribution in [0, 0.1) is 13.8 Å². The van der Waals surface area contributed by atoms with Crippen LogP contribution in [0.1, 0.15) is 36.8 Å². The van der Waals surface area contributed by atoms with Crippen molar-refractivity contribution >= 4 is 11.5 Å². The normalized spacial score (nSPS) is 14.1. The summed E-state index contributed by atoms with van der Waals surface area (Å²) < 4.78 is 13.7. The van der Waals surface area contributed by atoms with Gasteiger partial charge in [-0.1, -0.05) is 6.07 Å². The Hall–Kier alpha value is -2.74. The third-order valence-corrected chi connectivity index (χ3v) is 5.91. The second-order valence-electron chi connectivity index (χ2n) is 8.11. The van der Waals surface area contributed by atoms with Crippen molar-refractivity contribution in [3.63, 3.8) is 0 Å². The molecule has 0 radical (unpaired) electrons. The summed E-state index contributed by atoms with van der Waals surface area (Å²) in [5.74, 6) is 1.02. The maximum Gasteiger partial charge on any atom is 0.332 e. The number of nitrogen functional groups attached to an aromatic ring is 1. The molecule has 0 amide bonds. The Kier molecular flexibility index (Phi) is 7.79. The second kappa shape index (κ2) is 10.5. The van der Waals surface area contributed by atoms with Crippen LogP contribution in [-0.2, 0) is 17.8 Å². The Bertz CT molecular complexity index is 1010. The molecule has 1 fully saturated rings. The molecule has 0 unspecified atom stereocenters. The predicted molar refractivity (Wildman–Crippen MR) is 123 cm³/mol. The highest BCUT2D eigenvalue weighted by molar-refractivity contribution is 5.62. The average Bonchev–Trinajstić information content (AvgIpc) is 2.76. The first-order chi connectivity index (χ1) is 14.9. The Balaban J connectivity index is 1.81. The summed E-state index contributed by atoms with van der Waals surface area (Å²) >= 11 is 0. The second-order valence-corrected chi connectivity index (χ2v) is 8.11. The fourth-order valence-corrected chi connectivity index (χ4v) is 3.93. The van der Waals surface area contributed by atoms with E-state index in [0.29, 0.717) is 31.9 Å². The molecule has 3 rings (SSSR count). The zero-order valence-corrected chi connectivity index (χ0v) is 18.9. The van der Waals surface area contributed by atoms with Gasteiger partial charge in [0.1, 0.15) is 17.3 Å². The van der Waals surface area contributed by atoms with Crippen LogP contribution >= 0.6 is 0 Å². The summed E-state index contributed by atoms with van der Waals surface area (Å²) in [6.45, 7) is 6.99. The third-order valence-electron chi connectivity index (χ3n) is 5.91. The standard InChI is InChI=1S/C23H34N4O4/c1-17-8-9-19(16-18(17)2)31-14-7-12-27-22(28)20(25-10-5-4-6-11-25)21(24)26(23(27)29)13-15-30-3/h8-9,16H,4-7,10-15,24H2,1-3H3. The molecule has 0 spiro atoms. The number of methoxy groups -OCH3 is 1. The smallest absolute Gasteiger partial charge is 0.332 e. The molecule has 1 aromatic carbocycles. The van der Waals surface area contributed by atoms with Gasteiger partial charge in [0.2, 0.25) is 0 Å². The molecule has 1 aromatic heterocycles. The molecule has 1 aliphatic heterocycles. The van der Waals surface area contributed by atoms with Gasteiger partial charge in [0.15, 0.2) is 0 Å². The molecule has 2 heterocycles. The van der Waals surface area contributed by atoms with E-state index < -0.39 is 5.69 Å². The van der Waals surface area contributed by atoms with Crippen LogP contribution in [0.15, 0.2) is 27.8 Å². The molecule has 0 bridgehead atoms. The van der Waals surface area contributed by atoms with Gasteiger partial charge >= 0.3 is 5.69 Å². The van der Waals surface area contributed by atoms with E-state index in [1.807, 2.05) is 30.0 Å². The van der Waals surface area contributed by atoms with Crippen molar-refractivity contribution in [1.82, 2.24) is 9.13 Å². The van der Waals surface area contributed by atoms with Gasteiger partial charge in [0, 0.05) is 26.7 Å². The minimum Gasteiger partial charge on any atom is -0.494 e. The molecule has 31 heavy (non-hydrogen) atoms. The molecule has 8 heteroatoms. The summed E-state index contributed by atoms with van der Waals surface area (Å²) in [6, 6.07) is 5.95. The first-order valence-electron chi connectivity index (χ1n) is 11.0. The topological polar surface area (TPSA) is 91.7 Å². The van der Waals surface area contributed by atoms with Crippen LogP contribution in [0.25, 0.3) is 0 Å². The summed E-state index contributed by atoms with van der Waals surface area (Å²) in [4.78, 5) is 28.3. The van der Waals surface area contributed by atoms with Crippen LogP contribution in [0.2, 0.25) is 0 Å². The Morgan fingerprint density at radius 1 is 0.968 bits per heavy atom. The van der Waals surface area contributed by atoms with Gasteiger partial charge < -0.3 is 20.1 Å². The van der Waals surface area contributed by atoms with Crippen molar-refractivity contribution in [3.8, 4) is 5.75 Å². The number of nitrogens with two attached hydrogens (primary N) is 1. The van der Waals surface area contributed by atoms with Gasteiger partial charge in [-0.05, 0) is 62.8 Å². The highest BCUT2D eigenvalue weighted by Crippen LogP contribution is 2.21. The molecule has 1 saturated heterocycles. The average molecular weight is 431 g/mol. The van der Waals surface area contributed by atoms with E-state index in [9.17, 15) is 9.59 Å². The summed E-state index contributed by atoms with van der Waals surface area (Å²) in [6.07, 6.45) is 3.71. The molecular formula is C23H34N4O4. The lowest BCUT2D eigenvalue weighted by Gasteiger charge is -2.30. The highest BCUT2D eigenvalue weighted by atomic mass is 16.5. The number of piperidine rings is 1. The first-order valence-corrected chi connectivity index (χ1v) is 11.0. The summed E-state index contributed by atoms with van der Waals surface area (Å²) in [5, 5.41) is 0. The molecule has 8 nitrogen and oxygen atoms in total. The van der Waals surface area contributed by atoms with E-state index in [4.69, 9.17) is 15.2 Å². The fraction of sp³-hybridized carbons (Fsp3) is 0.565. The van der Waals surface area contributed by atoms with Crippen molar-refractivity contribution in [2.45, 2.75) is 52.6 Å². The van der Waals surface area contributed by atoms with Crippen LogP contribution in [0.5, 0.6) is 5.75 Å². The first kappa shape index (κ1) is 22.9. The van der Waals surface area contributed by atoms with E-state index in [1.54, 1.807) is 7.11 Å². The number of hydrogen-bond donors (Lipinski definition) is 1. The van der Waals surface area contributed by atoms with Gasteiger partial charge in [-0.15, -0.1) is 0 Å². The van der Waals surface area contributed by atoms with Crippen molar-refractivity contribution in [3.05, 3.63) is 50.2 Å². The predicted octanol–water partition coefficient (Wildman–Crippen LogP) is 2.31. The van der Waals surface area contributed by atoms with E-state index in [-0.39, 0.29) is 17.9 Å². The monoisotopic (exact) mass is 430 g/mol. The molecule has 1 aliphatic rings. The van der Waals surface area contributed by atoms with Gasteiger partial charge in [0.25, 0.3) is 5.56 Å². The fourth-order valence-electron chi connectivity index (χ4n) is 3.93. The van der Waals surface area contributed by atoms with Gasteiger partial charge in [0.05, 0.1) is 19.8 Å². The minimum atomic E-state index is -0.397. The van der Waals surface area contributed by atoms with Gasteiger partial charge in [-0.3, -0.25) is 13.9 Å². The quantitative estimate of drug-likeness (QED) is 0.614. The minimum absolute atomic E-state index is 0.233. The van der Waals surface area contributed by atoms with Crippen LogP contribution < -0.4 is 26.6 Å². The molecular weight excluding hydrogens is 396 g/mol. The number of ether oxygens (including phenoxy) is 2. The Morgan fingerprint density at radius 3 is 2.39 bits per heavy atom.